The fraction of sp³-hybridized carbons (Fsp3) is 0.364. The van der Waals surface area contributed by atoms with Crippen LogP contribution in [0.25, 0.3) is 0 Å². The van der Waals surface area contributed by atoms with E-state index in [1.165, 1.54) is 11.8 Å². The van der Waals surface area contributed by atoms with Crippen LogP contribution in [0.2, 0.25) is 0 Å². The van der Waals surface area contributed by atoms with Gasteiger partial charge in [-0.1, -0.05) is 15.9 Å². The molecule has 0 saturated heterocycles. The van der Waals surface area contributed by atoms with Gasteiger partial charge in [0.15, 0.2) is 0 Å². The first-order valence-electron chi connectivity index (χ1n) is 5.04. The van der Waals surface area contributed by atoms with Crippen molar-refractivity contribution >= 4 is 33.6 Å². The molecule has 0 spiro atoms. The van der Waals surface area contributed by atoms with Gasteiger partial charge in [-0.15, -0.1) is 11.8 Å². The van der Waals surface area contributed by atoms with E-state index < -0.39 is 23.9 Å². The largest absolute Gasteiger partial charge is 0.405 e. The number of hydrogen-bond donors (Lipinski definition) is 1. The van der Waals surface area contributed by atoms with Gasteiger partial charge in [-0.25, -0.2) is 0 Å². The zero-order valence-electron chi connectivity index (χ0n) is 9.42. The van der Waals surface area contributed by atoms with Crippen LogP contribution in [-0.2, 0) is 4.79 Å². The minimum atomic E-state index is -4.38. The standard InChI is InChI=1S/C11H11BrF3NOS/c1-7(10(17)16-6-11(13,14)15)18-9-4-2-8(12)3-5-9/h2-5,7H,6H2,1H3,(H,16,17). The summed E-state index contributed by atoms with van der Waals surface area (Å²) < 4.78 is 36.7. The van der Waals surface area contributed by atoms with Gasteiger partial charge in [0.2, 0.25) is 5.91 Å². The second-order valence-corrected chi connectivity index (χ2v) is 5.88. The fourth-order valence-corrected chi connectivity index (χ4v) is 2.26. The molecule has 0 aliphatic carbocycles. The lowest BCUT2D eigenvalue weighted by molar-refractivity contribution is -0.137. The number of carbonyl (C=O) groups excluding carboxylic acids is 1. The topological polar surface area (TPSA) is 29.1 Å². The first-order valence-corrected chi connectivity index (χ1v) is 6.72. The van der Waals surface area contributed by atoms with Crippen molar-refractivity contribution in [2.75, 3.05) is 6.54 Å². The number of nitrogens with one attached hydrogen (secondary N) is 1. The van der Waals surface area contributed by atoms with Crippen LogP contribution in [0.3, 0.4) is 0 Å². The maximum Gasteiger partial charge on any atom is 0.405 e. The molecule has 1 aromatic carbocycles. The molecule has 1 amide bonds. The van der Waals surface area contributed by atoms with Crippen molar-refractivity contribution in [1.82, 2.24) is 5.32 Å². The number of hydrogen-bond acceptors (Lipinski definition) is 2. The molecule has 1 aromatic rings. The lowest BCUT2D eigenvalue weighted by Gasteiger charge is -2.13. The highest BCUT2D eigenvalue weighted by Gasteiger charge is 2.28. The summed E-state index contributed by atoms with van der Waals surface area (Å²) in [7, 11) is 0. The highest BCUT2D eigenvalue weighted by atomic mass is 79.9. The Morgan fingerprint density at radius 3 is 2.44 bits per heavy atom. The Balaban J connectivity index is 2.47. The monoisotopic (exact) mass is 341 g/mol. The van der Waals surface area contributed by atoms with Crippen molar-refractivity contribution in [2.24, 2.45) is 0 Å². The number of carbonyl (C=O) groups is 1. The van der Waals surface area contributed by atoms with Gasteiger partial charge in [0.1, 0.15) is 6.54 Å². The molecule has 1 rings (SSSR count). The minimum Gasteiger partial charge on any atom is -0.346 e. The average molecular weight is 342 g/mol. The smallest absolute Gasteiger partial charge is 0.346 e. The molecule has 1 N–H and O–H groups in total. The summed E-state index contributed by atoms with van der Waals surface area (Å²) in [5.74, 6) is -0.625. The molecule has 0 aromatic heterocycles. The SMILES string of the molecule is CC(Sc1ccc(Br)cc1)C(=O)NCC(F)(F)F. The summed E-state index contributed by atoms with van der Waals surface area (Å²) in [6, 6.07) is 7.20. The molecule has 0 fully saturated rings. The quantitative estimate of drug-likeness (QED) is 0.847. The predicted octanol–water partition coefficient (Wildman–Crippen LogP) is 3.61. The Labute approximate surface area is 115 Å². The number of benzene rings is 1. The molecule has 1 atom stereocenters. The molecular formula is C11H11BrF3NOS. The Morgan fingerprint density at radius 2 is 1.94 bits per heavy atom. The second-order valence-electron chi connectivity index (χ2n) is 3.55. The van der Waals surface area contributed by atoms with Crippen molar-refractivity contribution in [3.05, 3.63) is 28.7 Å². The lowest BCUT2D eigenvalue weighted by Crippen LogP contribution is -2.37. The van der Waals surface area contributed by atoms with E-state index in [9.17, 15) is 18.0 Å². The zero-order valence-corrected chi connectivity index (χ0v) is 11.8. The van der Waals surface area contributed by atoms with Gasteiger partial charge >= 0.3 is 6.18 Å². The molecule has 18 heavy (non-hydrogen) atoms. The number of alkyl halides is 3. The van der Waals surface area contributed by atoms with Crippen molar-refractivity contribution in [1.29, 1.82) is 0 Å². The van der Waals surface area contributed by atoms with Gasteiger partial charge in [-0.3, -0.25) is 4.79 Å². The molecule has 0 bridgehead atoms. The van der Waals surface area contributed by atoms with Crippen LogP contribution in [-0.4, -0.2) is 23.9 Å². The first-order chi connectivity index (χ1) is 8.28. The number of rotatable bonds is 4. The van der Waals surface area contributed by atoms with Crippen molar-refractivity contribution in [2.45, 2.75) is 23.2 Å². The molecule has 2 nitrogen and oxygen atoms in total. The zero-order chi connectivity index (χ0) is 13.8. The normalized spacial score (nSPS) is 13.2. The van der Waals surface area contributed by atoms with Gasteiger partial charge in [0, 0.05) is 9.37 Å². The molecule has 0 heterocycles. The summed E-state index contributed by atoms with van der Waals surface area (Å²) in [6.45, 7) is 0.273. The third-order valence-electron chi connectivity index (χ3n) is 1.96. The Kier molecular flexibility index (Phi) is 5.52. The van der Waals surface area contributed by atoms with Crippen molar-refractivity contribution in [3.8, 4) is 0 Å². The molecular weight excluding hydrogens is 331 g/mol. The van der Waals surface area contributed by atoms with Gasteiger partial charge in [0.05, 0.1) is 5.25 Å². The van der Waals surface area contributed by atoms with Crippen molar-refractivity contribution in [3.63, 3.8) is 0 Å². The van der Waals surface area contributed by atoms with Gasteiger partial charge < -0.3 is 5.32 Å². The van der Waals surface area contributed by atoms with Gasteiger partial charge in [-0.2, -0.15) is 13.2 Å². The molecule has 1 unspecified atom stereocenters. The van der Waals surface area contributed by atoms with E-state index in [2.05, 4.69) is 15.9 Å². The highest BCUT2D eigenvalue weighted by Crippen LogP contribution is 2.25. The lowest BCUT2D eigenvalue weighted by atomic mass is 10.4. The average Bonchev–Trinajstić information content (AvgIpc) is 2.28. The third kappa shape index (κ3) is 5.77. The highest BCUT2D eigenvalue weighted by molar-refractivity contribution is 9.10. The molecule has 100 valence electrons. The van der Waals surface area contributed by atoms with Crippen molar-refractivity contribution < 1.29 is 18.0 Å². The summed E-state index contributed by atoms with van der Waals surface area (Å²) in [5, 5.41) is 1.28. The molecule has 0 radical (unpaired) electrons. The van der Waals surface area contributed by atoms with E-state index in [-0.39, 0.29) is 0 Å². The van der Waals surface area contributed by atoms with E-state index in [0.717, 1.165) is 9.37 Å². The summed E-state index contributed by atoms with van der Waals surface area (Å²) in [6.07, 6.45) is -4.38. The van der Waals surface area contributed by atoms with Gasteiger partial charge in [0.25, 0.3) is 0 Å². The predicted molar refractivity (Wildman–Crippen MR) is 68.5 cm³/mol. The van der Waals surface area contributed by atoms with Crippen LogP contribution in [0.15, 0.2) is 33.6 Å². The maximum absolute atomic E-state index is 11.9. The van der Waals surface area contributed by atoms with Gasteiger partial charge in [-0.05, 0) is 31.2 Å². The third-order valence-corrected chi connectivity index (χ3v) is 3.60. The number of amides is 1. The molecule has 7 heteroatoms. The van der Waals surface area contributed by atoms with Crippen LogP contribution < -0.4 is 5.32 Å². The van der Waals surface area contributed by atoms with Crippen LogP contribution >= 0.6 is 27.7 Å². The number of thioether (sulfide) groups is 1. The van der Waals surface area contributed by atoms with Crippen LogP contribution in [0.4, 0.5) is 13.2 Å². The summed E-state index contributed by atoms with van der Waals surface area (Å²) in [5.41, 5.74) is 0. The Hall–Kier alpha value is -0.690. The van der Waals surface area contributed by atoms with E-state index in [1.807, 2.05) is 17.4 Å². The van der Waals surface area contributed by atoms with E-state index in [4.69, 9.17) is 0 Å². The summed E-state index contributed by atoms with van der Waals surface area (Å²) >= 11 is 4.48. The molecule has 0 saturated carbocycles. The van der Waals surface area contributed by atoms with Crippen LogP contribution in [0.1, 0.15) is 6.92 Å². The summed E-state index contributed by atoms with van der Waals surface area (Å²) in [4.78, 5) is 12.2. The fourth-order valence-electron chi connectivity index (χ4n) is 1.10. The Morgan fingerprint density at radius 1 is 1.39 bits per heavy atom. The number of halogens is 4. The Bertz CT molecular complexity index is 408. The first kappa shape index (κ1) is 15.4. The maximum atomic E-state index is 11.9. The molecule has 0 aliphatic rings. The second kappa shape index (κ2) is 6.47. The molecule has 0 aliphatic heterocycles. The van der Waals surface area contributed by atoms with E-state index in [0.29, 0.717) is 0 Å². The van der Waals surface area contributed by atoms with E-state index >= 15 is 0 Å². The van der Waals surface area contributed by atoms with Crippen LogP contribution in [0.5, 0.6) is 0 Å². The van der Waals surface area contributed by atoms with Crippen LogP contribution in [0, 0.1) is 0 Å². The van der Waals surface area contributed by atoms with E-state index in [1.54, 1.807) is 19.1 Å². The minimum absolute atomic E-state index is 0.575.